The van der Waals surface area contributed by atoms with Gasteiger partial charge in [0.25, 0.3) is 11.5 Å². The quantitative estimate of drug-likeness (QED) is 0.876. The fourth-order valence-electron chi connectivity index (χ4n) is 4.45. The third-order valence-corrected chi connectivity index (χ3v) is 5.64. The van der Waals surface area contributed by atoms with Crippen molar-refractivity contribution in [3.63, 3.8) is 0 Å². The Bertz CT molecular complexity index is 646. The van der Waals surface area contributed by atoms with Crippen molar-refractivity contribution in [2.45, 2.75) is 59.6 Å². The number of ether oxygens (including phenoxy) is 1. The first-order valence-corrected chi connectivity index (χ1v) is 8.36. The average molecular weight is 320 g/mol. The second-order valence-corrected chi connectivity index (χ2v) is 6.75. The van der Waals surface area contributed by atoms with Gasteiger partial charge in [-0.05, 0) is 38.3 Å². The first-order chi connectivity index (χ1) is 10.8. The van der Waals surface area contributed by atoms with Gasteiger partial charge in [0.2, 0.25) is 0 Å². The number of carbonyl (C=O) groups excluding carboxylic acids is 1. The highest BCUT2D eigenvalue weighted by Gasteiger charge is 2.59. The van der Waals surface area contributed by atoms with Crippen LogP contribution >= 0.6 is 0 Å². The largest absolute Gasteiger partial charge is 0.380 e. The lowest BCUT2D eigenvalue weighted by atomic mass is 9.53. The molecule has 5 heteroatoms. The molecular weight excluding hydrogens is 292 g/mol. The highest BCUT2D eigenvalue weighted by atomic mass is 16.5. The predicted octanol–water partition coefficient (Wildman–Crippen LogP) is 2.56. The van der Waals surface area contributed by atoms with E-state index in [1.54, 1.807) is 14.0 Å². The molecule has 2 N–H and O–H groups in total. The summed E-state index contributed by atoms with van der Waals surface area (Å²) < 4.78 is 5.66. The van der Waals surface area contributed by atoms with E-state index in [0.717, 1.165) is 18.5 Å². The summed E-state index contributed by atoms with van der Waals surface area (Å²) in [6, 6.07) is 1.85. The molecule has 0 bridgehead atoms. The van der Waals surface area contributed by atoms with Gasteiger partial charge in [-0.1, -0.05) is 20.8 Å². The van der Waals surface area contributed by atoms with Crippen LogP contribution in [-0.2, 0) is 4.74 Å². The van der Waals surface area contributed by atoms with Gasteiger partial charge in [0, 0.05) is 30.2 Å². The molecule has 2 rings (SSSR count). The lowest BCUT2D eigenvalue weighted by molar-refractivity contribution is -0.164. The van der Waals surface area contributed by atoms with Crippen LogP contribution in [0.2, 0.25) is 0 Å². The van der Waals surface area contributed by atoms with Crippen LogP contribution in [0.4, 0.5) is 0 Å². The molecule has 1 heterocycles. The number of aryl methyl sites for hydroxylation is 2. The molecule has 0 unspecified atom stereocenters. The molecule has 1 aromatic rings. The minimum absolute atomic E-state index is 0.0232. The summed E-state index contributed by atoms with van der Waals surface area (Å²) >= 11 is 0. The second kappa shape index (κ2) is 6.48. The third-order valence-electron chi connectivity index (χ3n) is 5.64. The molecule has 1 aliphatic carbocycles. The number of amides is 1. The van der Waals surface area contributed by atoms with Crippen LogP contribution in [0.3, 0.4) is 0 Å². The molecule has 0 radical (unpaired) electrons. The minimum atomic E-state index is -0.325. The van der Waals surface area contributed by atoms with E-state index in [1.807, 2.05) is 13.0 Å². The Kier molecular flexibility index (Phi) is 4.99. The van der Waals surface area contributed by atoms with Crippen LogP contribution in [0, 0.1) is 25.2 Å². The van der Waals surface area contributed by atoms with Crippen molar-refractivity contribution in [1.29, 1.82) is 0 Å². The lowest BCUT2D eigenvalue weighted by Gasteiger charge is -2.59. The maximum atomic E-state index is 12.7. The summed E-state index contributed by atoms with van der Waals surface area (Å²) in [4.78, 5) is 27.5. The Balaban J connectivity index is 2.29. The van der Waals surface area contributed by atoms with Gasteiger partial charge < -0.3 is 15.0 Å². The molecule has 1 aliphatic rings. The number of carbonyl (C=O) groups is 1. The second-order valence-electron chi connectivity index (χ2n) is 6.75. The van der Waals surface area contributed by atoms with E-state index in [-0.39, 0.29) is 40.5 Å². The fourth-order valence-corrected chi connectivity index (χ4v) is 4.45. The molecule has 3 atom stereocenters. The van der Waals surface area contributed by atoms with Crippen LogP contribution in [0.1, 0.15) is 55.2 Å². The molecule has 1 fully saturated rings. The van der Waals surface area contributed by atoms with Gasteiger partial charge in [-0.2, -0.15) is 0 Å². The minimum Gasteiger partial charge on any atom is -0.380 e. The number of H-pyrrole nitrogens is 1. The zero-order valence-electron chi connectivity index (χ0n) is 14.9. The van der Waals surface area contributed by atoms with Crippen molar-refractivity contribution in [1.82, 2.24) is 10.3 Å². The summed E-state index contributed by atoms with van der Waals surface area (Å²) in [7, 11) is 1.73. The number of hydrogen-bond donors (Lipinski definition) is 2. The molecule has 1 aromatic heterocycles. The van der Waals surface area contributed by atoms with Crippen molar-refractivity contribution in [2.75, 3.05) is 7.11 Å². The van der Waals surface area contributed by atoms with E-state index in [0.29, 0.717) is 5.56 Å². The fraction of sp³-hybridized carbons (Fsp3) is 0.667. The van der Waals surface area contributed by atoms with Crippen molar-refractivity contribution < 1.29 is 9.53 Å². The smallest absolute Gasteiger partial charge is 0.261 e. The van der Waals surface area contributed by atoms with Gasteiger partial charge in [-0.25, -0.2) is 0 Å². The van der Waals surface area contributed by atoms with Crippen molar-refractivity contribution in [3.8, 4) is 0 Å². The zero-order valence-corrected chi connectivity index (χ0v) is 14.9. The monoisotopic (exact) mass is 320 g/mol. The van der Waals surface area contributed by atoms with Crippen molar-refractivity contribution >= 4 is 5.91 Å². The highest BCUT2D eigenvalue weighted by Crippen LogP contribution is 2.52. The normalized spacial score (nSPS) is 25.7. The number of nitrogens with one attached hydrogen (secondary N) is 2. The Labute approximate surface area is 137 Å². The summed E-state index contributed by atoms with van der Waals surface area (Å²) in [5.74, 6) is -0.0601. The van der Waals surface area contributed by atoms with Gasteiger partial charge in [-0.3, -0.25) is 9.59 Å². The van der Waals surface area contributed by atoms with Crippen LogP contribution in [-0.4, -0.2) is 30.1 Å². The van der Waals surface area contributed by atoms with Gasteiger partial charge in [0.15, 0.2) is 0 Å². The number of rotatable bonds is 5. The van der Waals surface area contributed by atoms with Crippen LogP contribution in [0.5, 0.6) is 0 Å². The number of pyridine rings is 1. The molecule has 5 nitrogen and oxygen atoms in total. The lowest BCUT2D eigenvalue weighted by Crippen LogP contribution is -2.70. The Morgan fingerprint density at radius 3 is 2.43 bits per heavy atom. The molecule has 1 saturated carbocycles. The predicted molar refractivity (Wildman–Crippen MR) is 90.8 cm³/mol. The van der Waals surface area contributed by atoms with E-state index < -0.39 is 0 Å². The van der Waals surface area contributed by atoms with E-state index in [2.05, 4.69) is 31.1 Å². The molecule has 23 heavy (non-hydrogen) atoms. The maximum absolute atomic E-state index is 12.7. The third kappa shape index (κ3) is 2.71. The highest BCUT2D eigenvalue weighted by molar-refractivity contribution is 5.95. The summed E-state index contributed by atoms with van der Waals surface area (Å²) in [5, 5.41) is 3.10. The number of aromatic nitrogens is 1. The molecule has 0 saturated heterocycles. The number of hydrogen-bond acceptors (Lipinski definition) is 3. The first-order valence-electron chi connectivity index (χ1n) is 8.36. The Morgan fingerprint density at radius 2 is 1.96 bits per heavy atom. The molecule has 0 spiro atoms. The van der Waals surface area contributed by atoms with Gasteiger partial charge in [0.1, 0.15) is 5.56 Å². The molecule has 128 valence electrons. The van der Waals surface area contributed by atoms with Crippen molar-refractivity contribution in [2.24, 2.45) is 11.3 Å². The van der Waals surface area contributed by atoms with Crippen LogP contribution < -0.4 is 10.9 Å². The SMILES string of the molecule is CCC1(CC)[C@H](NC(=O)c2c(C)cc(C)[nH]c2=O)[C@H](C)[C@@H]1OC. The zero-order chi connectivity index (χ0) is 17.4. The summed E-state index contributed by atoms with van der Waals surface area (Å²) in [5.41, 5.74) is 1.29. The first kappa shape index (κ1) is 17.7. The average Bonchev–Trinajstić information content (AvgIpc) is 2.48. The molecule has 0 aliphatic heterocycles. The topological polar surface area (TPSA) is 71.2 Å². The Morgan fingerprint density at radius 1 is 1.35 bits per heavy atom. The summed E-state index contributed by atoms with van der Waals surface area (Å²) in [6.07, 6.45) is 2.00. The van der Waals surface area contributed by atoms with Crippen LogP contribution in [0.15, 0.2) is 10.9 Å². The standard InChI is InChI=1S/C18H28N2O3/c1-7-18(8-2)14(12(5)15(18)23-6)20-17(22)13-10(3)9-11(4)19-16(13)21/h9,12,14-15H,7-8H2,1-6H3,(H,19,21)(H,20,22)/t12-,14+,15-/m0/s1. The Hall–Kier alpha value is -1.62. The number of methoxy groups -OCH3 is 1. The van der Waals surface area contributed by atoms with Crippen molar-refractivity contribution in [3.05, 3.63) is 33.2 Å². The van der Waals surface area contributed by atoms with E-state index in [4.69, 9.17) is 4.74 Å². The van der Waals surface area contributed by atoms with Gasteiger partial charge in [0.05, 0.1) is 6.10 Å². The van der Waals surface area contributed by atoms with Crippen LogP contribution in [0.25, 0.3) is 0 Å². The maximum Gasteiger partial charge on any atom is 0.261 e. The van der Waals surface area contributed by atoms with Gasteiger partial charge in [-0.15, -0.1) is 0 Å². The number of aromatic amines is 1. The molecular formula is C18H28N2O3. The van der Waals surface area contributed by atoms with E-state index in [1.165, 1.54) is 0 Å². The van der Waals surface area contributed by atoms with E-state index >= 15 is 0 Å². The molecule has 1 amide bonds. The van der Waals surface area contributed by atoms with E-state index in [9.17, 15) is 9.59 Å². The summed E-state index contributed by atoms with van der Waals surface area (Å²) in [6.45, 7) is 9.96. The molecule has 0 aromatic carbocycles. The van der Waals surface area contributed by atoms with Gasteiger partial charge >= 0.3 is 0 Å².